The van der Waals surface area contributed by atoms with Crippen molar-refractivity contribution in [3.8, 4) is 0 Å². The number of aromatic amines is 1. The highest BCUT2D eigenvalue weighted by molar-refractivity contribution is 6.30. The van der Waals surface area contributed by atoms with Crippen molar-refractivity contribution in [2.45, 2.75) is 71.3 Å². The van der Waals surface area contributed by atoms with Gasteiger partial charge in [0, 0.05) is 6.54 Å². The van der Waals surface area contributed by atoms with Crippen LogP contribution in [0.25, 0.3) is 0 Å². The van der Waals surface area contributed by atoms with Gasteiger partial charge in [-0.3, -0.25) is 14.3 Å². The van der Waals surface area contributed by atoms with Crippen molar-refractivity contribution in [1.82, 2.24) is 9.55 Å². The monoisotopic (exact) mass is 312 g/mol. The first kappa shape index (κ1) is 16.3. The van der Waals surface area contributed by atoms with Crippen molar-refractivity contribution in [1.29, 1.82) is 0 Å². The lowest BCUT2D eigenvalue weighted by Gasteiger charge is -2.13. The highest BCUT2D eigenvalue weighted by Crippen LogP contribution is 2.34. The van der Waals surface area contributed by atoms with E-state index in [2.05, 4.69) is 18.8 Å². The number of halogens is 1. The van der Waals surface area contributed by atoms with Gasteiger partial charge in [-0.05, 0) is 31.1 Å². The highest BCUT2D eigenvalue weighted by Gasteiger charge is 2.24. The Labute approximate surface area is 130 Å². The zero-order valence-electron chi connectivity index (χ0n) is 13.0. The molecular formula is C16H25ClN2O2. The molecule has 0 bridgehead atoms. The van der Waals surface area contributed by atoms with Crippen molar-refractivity contribution in [3.63, 3.8) is 0 Å². The van der Waals surface area contributed by atoms with Crippen molar-refractivity contribution in [2.75, 3.05) is 0 Å². The van der Waals surface area contributed by atoms with Crippen LogP contribution in [-0.4, -0.2) is 9.55 Å². The molecule has 1 heterocycles. The third-order valence-electron chi connectivity index (χ3n) is 4.35. The summed E-state index contributed by atoms with van der Waals surface area (Å²) in [6, 6.07) is 0. The first-order valence-electron chi connectivity index (χ1n) is 8.03. The van der Waals surface area contributed by atoms with E-state index in [0.29, 0.717) is 18.0 Å². The highest BCUT2D eigenvalue weighted by atomic mass is 35.5. The third kappa shape index (κ3) is 4.00. The van der Waals surface area contributed by atoms with Crippen molar-refractivity contribution >= 4 is 11.6 Å². The second-order valence-electron chi connectivity index (χ2n) is 6.49. The SMILES string of the molecule is CC(C)CCCCn1c(=O)[nH]c(Cl)c(C2CCCC2)c1=O. The minimum absolute atomic E-state index is 0.180. The summed E-state index contributed by atoms with van der Waals surface area (Å²) >= 11 is 6.12. The van der Waals surface area contributed by atoms with E-state index in [0.717, 1.165) is 44.9 Å². The molecule has 0 spiro atoms. The average molecular weight is 313 g/mol. The van der Waals surface area contributed by atoms with E-state index in [1.54, 1.807) is 0 Å². The normalized spacial score (nSPS) is 16.0. The fourth-order valence-corrected chi connectivity index (χ4v) is 3.47. The Morgan fingerprint density at radius 2 is 1.90 bits per heavy atom. The van der Waals surface area contributed by atoms with E-state index in [1.807, 2.05) is 0 Å². The lowest BCUT2D eigenvalue weighted by molar-refractivity contribution is 0.493. The van der Waals surface area contributed by atoms with Crippen LogP contribution in [0.3, 0.4) is 0 Å². The molecule has 1 aliphatic carbocycles. The fourth-order valence-electron chi connectivity index (χ4n) is 3.15. The van der Waals surface area contributed by atoms with Crippen LogP contribution in [0.1, 0.15) is 70.3 Å². The van der Waals surface area contributed by atoms with Gasteiger partial charge in [-0.2, -0.15) is 0 Å². The quantitative estimate of drug-likeness (QED) is 0.643. The van der Waals surface area contributed by atoms with Gasteiger partial charge in [-0.15, -0.1) is 0 Å². The second kappa shape index (κ2) is 7.30. The Bertz CT molecular complexity index is 583. The summed E-state index contributed by atoms with van der Waals surface area (Å²) in [6.45, 7) is 4.84. The van der Waals surface area contributed by atoms with E-state index < -0.39 is 0 Å². The third-order valence-corrected chi connectivity index (χ3v) is 4.65. The van der Waals surface area contributed by atoms with Gasteiger partial charge in [0.05, 0.1) is 5.56 Å². The van der Waals surface area contributed by atoms with Crippen molar-refractivity contribution < 1.29 is 0 Å². The predicted octanol–water partition coefficient (Wildman–Crippen LogP) is 3.67. The topological polar surface area (TPSA) is 54.9 Å². The number of rotatable bonds is 6. The van der Waals surface area contributed by atoms with Crippen LogP contribution in [-0.2, 0) is 6.54 Å². The lowest BCUT2D eigenvalue weighted by Crippen LogP contribution is -2.38. The minimum Gasteiger partial charge on any atom is -0.297 e. The Hall–Kier alpha value is -1.03. The number of hydrogen-bond donors (Lipinski definition) is 1. The lowest BCUT2D eigenvalue weighted by atomic mass is 10.0. The molecule has 5 heteroatoms. The fraction of sp³-hybridized carbons (Fsp3) is 0.750. The first-order valence-corrected chi connectivity index (χ1v) is 8.41. The zero-order chi connectivity index (χ0) is 15.4. The number of hydrogen-bond acceptors (Lipinski definition) is 2. The summed E-state index contributed by atoms with van der Waals surface area (Å²) in [6.07, 6.45) is 7.26. The number of nitrogens with one attached hydrogen (secondary N) is 1. The molecule has 0 aromatic carbocycles. The van der Waals surface area contributed by atoms with Crippen LogP contribution in [0.5, 0.6) is 0 Å². The van der Waals surface area contributed by atoms with Gasteiger partial charge in [-0.25, -0.2) is 4.79 Å². The molecule has 1 saturated carbocycles. The van der Waals surface area contributed by atoms with Crippen LogP contribution in [0.2, 0.25) is 5.15 Å². The van der Waals surface area contributed by atoms with E-state index in [-0.39, 0.29) is 22.3 Å². The largest absolute Gasteiger partial charge is 0.329 e. The van der Waals surface area contributed by atoms with Crippen LogP contribution < -0.4 is 11.2 Å². The molecule has 1 fully saturated rings. The van der Waals surface area contributed by atoms with E-state index >= 15 is 0 Å². The Balaban J connectivity index is 2.19. The molecule has 0 radical (unpaired) electrons. The van der Waals surface area contributed by atoms with Gasteiger partial charge >= 0.3 is 5.69 Å². The molecule has 4 nitrogen and oxygen atoms in total. The Morgan fingerprint density at radius 1 is 1.24 bits per heavy atom. The molecule has 2 rings (SSSR count). The van der Waals surface area contributed by atoms with Crippen molar-refractivity contribution in [2.24, 2.45) is 5.92 Å². The maximum atomic E-state index is 12.6. The predicted molar refractivity (Wildman–Crippen MR) is 86.2 cm³/mol. The molecule has 1 aromatic rings. The summed E-state index contributed by atoms with van der Waals surface area (Å²) in [5.74, 6) is 0.864. The number of unbranched alkanes of at least 4 members (excludes halogenated alkanes) is 1. The first-order chi connectivity index (χ1) is 10.0. The van der Waals surface area contributed by atoms with Crippen LogP contribution >= 0.6 is 11.6 Å². The molecule has 1 aromatic heterocycles. The molecule has 1 aliphatic rings. The summed E-state index contributed by atoms with van der Waals surface area (Å²) in [5.41, 5.74) is 0.0640. The maximum Gasteiger partial charge on any atom is 0.329 e. The van der Waals surface area contributed by atoms with Gasteiger partial charge < -0.3 is 0 Å². The second-order valence-corrected chi connectivity index (χ2v) is 6.86. The summed E-state index contributed by atoms with van der Waals surface area (Å²) in [4.78, 5) is 27.2. The number of nitrogens with zero attached hydrogens (tertiary/aromatic N) is 1. The molecule has 0 saturated heterocycles. The van der Waals surface area contributed by atoms with E-state index in [9.17, 15) is 9.59 Å². The molecule has 0 unspecified atom stereocenters. The summed E-state index contributed by atoms with van der Waals surface area (Å²) < 4.78 is 1.33. The Kier molecular flexibility index (Phi) is 5.68. The zero-order valence-corrected chi connectivity index (χ0v) is 13.7. The summed E-state index contributed by atoms with van der Waals surface area (Å²) in [7, 11) is 0. The standard InChI is InChI=1S/C16H25ClN2O2/c1-11(2)7-5-6-10-19-15(20)13(12-8-3-4-9-12)14(17)18-16(19)21/h11-12H,3-10H2,1-2H3,(H,18,21). The van der Waals surface area contributed by atoms with E-state index in [4.69, 9.17) is 11.6 Å². The van der Waals surface area contributed by atoms with Gasteiger partial charge in [0.25, 0.3) is 5.56 Å². The van der Waals surface area contributed by atoms with Gasteiger partial charge in [0.2, 0.25) is 0 Å². The number of H-pyrrole nitrogens is 1. The van der Waals surface area contributed by atoms with E-state index in [1.165, 1.54) is 4.57 Å². The van der Waals surface area contributed by atoms with Crippen molar-refractivity contribution in [3.05, 3.63) is 31.6 Å². The average Bonchev–Trinajstić information content (AvgIpc) is 2.90. The summed E-state index contributed by atoms with van der Waals surface area (Å²) in [5, 5.41) is 0.246. The van der Waals surface area contributed by atoms with Gasteiger partial charge in [0.15, 0.2) is 0 Å². The minimum atomic E-state index is -0.378. The molecule has 0 atom stereocenters. The molecule has 1 N–H and O–H groups in total. The number of aromatic nitrogens is 2. The van der Waals surface area contributed by atoms with Crippen LogP contribution in [0.15, 0.2) is 9.59 Å². The maximum absolute atomic E-state index is 12.6. The van der Waals surface area contributed by atoms with Gasteiger partial charge in [-0.1, -0.05) is 51.1 Å². The molecule has 118 valence electrons. The Morgan fingerprint density at radius 3 is 2.52 bits per heavy atom. The molecule has 0 aliphatic heterocycles. The molecule has 0 amide bonds. The molecular weight excluding hydrogens is 288 g/mol. The van der Waals surface area contributed by atoms with Crippen LogP contribution in [0, 0.1) is 5.92 Å². The van der Waals surface area contributed by atoms with Crippen LogP contribution in [0.4, 0.5) is 0 Å². The van der Waals surface area contributed by atoms with Gasteiger partial charge in [0.1, 0.15) is 5.15 Å². The smallest absolute Gasteiger partial charge is 0.297 e. The molecule has 21 heavy (non-hydrogen) atoms.